The molecule has 1 heterocycles. The fraction of sp³-hybridized carbons (Fsp3) is 1.00. The summed E-state index contributed by atoms with van der Waals surface area (Å²) in [6, 6.07) is 1.54. The topological polar surface area (TPSA) is 9.23 Å². The van der Waals surface area contributed by atoms with Crippen LogP contribution in [0.2, 0.25) is 28.2 Å². The van der Waals surface area contributed by atoms with E-state index >= 15 is 0 Å². The zero-order valence-electron chi connectivity index (χ0n) is 39.7. The number of hydrogen-bond donors (Lipinski definition) is 0. The van der Waals surface area contributed by atoms with Crippen LogP contribution in [0.3, 0.4) is 0 Å². The third-order valence-corrected chi connectivity index (χ3v) is 38.1. The van der Waals surface area contributed by atoms with E-state index in [9.17, 15) is 0 Å². The van der Waals surface area contributed by atoms with Crippen molar-refractivity contribution in [2.24, 2.45) is 0 Å². The standard InChI is InChI=1S/C51H106OSi2/c1-11-13-15-17-19-21-23-25-27-29-31-33-35-37-39-41-43-51(44-42-40-38-36-34-32-30-28-26-24-22-20-18-16-14-12-2)45-46-53(47(3)4,48(5)6)54(52-51,49(7)8)50(9)10/h47-50H,11-46H2,1-10H3. The average Bonchev–Trinajstić information content (AvgIpc) is 3.14. The summed E-state index contributed by atoms with van der Waals surface area (Å²) in [5.74, 6) is 0. The molecule has 0 N–H and O–H groups in total. The van der Waals surface area contributed by atoms with Gasteiger partial charge in [0.25, 0.3) is 0 Å². The molecule has 0 aromatic carbocycles. The molecule has 0 unspecified atom stereocenters. The van der Waals surface area contributed by atoms with Crippen LogP contribution in [-0.4, -0.2) is 21.0 Å². The van der Waals surface area contributed by atoms with Gasteiger partial charge in [0.15, 0.2) is 7.83 Å². The highest BCUT2D eigenvalue weighted by Gasteiger charge is 2.67. The van der Waals surface area contributed by atoms with Gasteiger partial charge in [0, 0.05) is 0 Å². The van der Waals surface area contributed by atoms with Crippen molar-refractivity contribution in [1.82, 2.24) is 0 Å². The van der Waals surface area contributed by atoms with Crippen molar-refractivity contribution in [2.45, 2.75) is 328 Å². The molecule has 1 aliphatic rings. The van der Waals surface area contributed by atoms with Crippen LogP contribution in [0.25, 0.3) is 0 Å². The molecule has 0 aromatic rings. The summed E-state index contributed by atoms with van der Waals surface area (Å²) in [5.41, 5.74) is 3.29. The molecule has 1 saturated heterocycles. The van der Waals surface area contributed by atoms with E-state index in [0.29, 0.717) is 0 Å². The first-order valence-electron chi connectivity index (χ1n) is 25.8. The molecule has 0 amide bonds. The summed E-state index contributed by atoms with van der Waals surface area (Å²) in [7, 11) is -3.56. The van der Waals surface area contributed by atoms with Gasteiger partial charge in [0.05, 0.1) is 13.2 Å². The van der Waals surface area contributed by atoms with Crippen LogP contribution in [0.15, 0.2) is 0 Å². The Bertz CT molecular complexity index is 766. The van der Waals surface area contributed by atoms with Gasteiger partial charge in [-0.2, -0.15) is 0 Å². The summed E-state index contributed by atoms with van der Waals surface area (Å²) in [6.45, 7) is 25.5. The van der Waals surface area contributed by atoms with Crippen molar-refractivity contribution in [3.8, 4) is 0 Å². The van der Waals surface area contributed by atoms with Crippen LogP contribution in [0.1, 0.15) is 294 Å². The quantitative estimate of drug-likeness (QED) is 0.0447. The van der Waals surface area contributed by atoms with Gasteiger partial charge in [-0.3, -0.25) is 0 Å². The maximum absolute atomic E-state index is 8.17. The van der Waals surface area contributed by atoms with Gasteiger partial charge in [-0.25, -0.2) is 0 Å². The minimum atomic E-state index is -1.96. The van der Waals surface area contributed by atoms with Crippen molar-refractivity contribution in [1.29, 1.82) is 0 Å². The molecule has 0 saturated carbocycles. The number of rotatable bonds is 38. The highest BCUT2D eigenvalue weighted by molar-refractivity contribution is 7.42. The van der Waals surface area contributed by atoms with E-state index in [4.69, 9.17) is 4.43 Å². The summed E-state index contributed by atoms with van der Waals surface area (Å²) < 4.78 is 8.17. The minimum absolute atomic E-state index is 0.174. The van der Waals surface area contributed by atoms with E-state index in [2.05, 4.69) is 69.2 Å². The molecule has 1 nitrogen and oxygen atoms in total. The fourth-order valence-electron chi connectivity index (χ4n) is 11.7. The van der Waals surface area contributed by atoms with Crippen molar-refractivity contribution in [3.63, 3.8) is 0 Å². The van der Waals surface area contributed by atoms with E-state index < -0.39 is 15.4 Å². The van der Waals surface area contributed by atoms with Gasteiger partial charge < -0.3 is 4.43 Å². The molecule has 0 bridgehead atoms. The van der Waals surface area contributed by atoms with Gasteiger partial charge in [-0.05, 0) is 30.3 Å². The Balaban J connectivity index is 2.57. The van der Waals surface area contributed by atoms with Gasteiger partial charge in [0.1, 0.15) is 0 Å². The SMILES string of the molecule is CCCCCCCCCCCCCCCCCCC1(CCCCCCCCCCCCCCCCCC)CC[Si](C(C)C)(C(C)C)[Si](C(C)C)(C(C)C)O1. The number of unbranched alkanes of at least 4 members (excludes halogenated alkanes) is 30. The lowest BCUT2D eigenvalue weighted by atomic mass is 9.87. The molecule has 324 valence electrons. The molecule has 1 aliphatic heterocycles. The van der Waals surface area contributed by atoms with E-state index in [-0.39, 0.29) is 5.60 Å². The lowest BCUT2D eigenvalue weighted by molar-refractivity contribution is 0.0222. The third kappa shape index (κ3) is 19.4. The maximum Gasteiger partial charge on any atom is 0.186 e. The van der Waals surface area contributed by atoms with Crippen LogP contribution in [0, 0.1) is 0 Å². The minimum Gasteiger partial charge on any atom is -0.413 e. The highest BCUT2D eigenvalue weighted by atomic mass is 29.3. The van der Waals surface area contributed by atoms with E-state index in [1.807, 2.05) is 0 Å². The van der Waals surface area contributed by atoms with Crippen LogP contribution >= 0.6 is 0 Å². The van der Waals surface area contributed by atoms with Gasteiger partial charge in [0.2, 0.25) is 0 Å². The zero-order valence-corrected chi connectivity index (χ0v) is 41.7. The zero-order chi connectivity index (χ0) is 40.0. The van der Waals surface area contributed by atoms with Gasteiger partial charge >= 0.3 is 0 Å². The van der Waals surface area contributed by atoms with Crippen LogP contribution in [-0.2, 0) is 4.43 Å². The normalized spacial score (nSPS) is 16.8. The first kappa shape index (κ1) is 52.4. The Morgan fingerprint density at radius 2 is 0.593 bits per heavy atom. The smallest absolute Gasteiger partial charge is 0.186 e. The Hall–Kier alpha value is 0.394. The fourth-order valence-corrected chi connectivity index (χ4v) is 37.1. The number of hydrogen-bond acceptors (Lipinski definition) is 1. The first-order chi connectivity index (χ1) is 26.1. The van der Waals surface area contributed by atoms with Crippen LogP contribution in [0.5, 0.6) is 0 Å². The van der Waals surface area contributed by atoms with Crippen LogP contribution < -0.4 is 0 Å². The molecular weight excluding hydrogens is 685 g/mol. The molecule has 0 aromatic heterocycles. The van der Waals surface area contributed by atoms with Gasteiger partial charge in [-0.15, -0.1) is 0 Å². The monoisotopic (exact) mass is 791 g/mol. The Morgan fingerprint density at radius 1 is 0.352 bits per heavy atom. The molecule has 0 spiro atoms. The van der Waals surface area contributed by atoms with E-state index in [0.717, 1.165) is 22.2 Å². The molecule has 0 radical (unpaired) electrons. The molecule has 0 atom stereocenters. The Morgan fingerprint density at radius 3 is 0.815 bits per heavy atom. The highest BCUT2D eigenvalue weighted by Crippen LogP contribution is 2.59. The maximum atomic E-state index is 8.17. The van der Waals surface area contributed by atoms with E-state index in [1.165, 1.54) is 225 Å². The van der Waals surface area contributed by atoms with Crippen molar-refractivity contribution < 1.29 is 4.43 Å². The molecule has 1 fully saturated rings. The molecule has 0 aliphatic carbocycles. The summed E-state index contributed by atoms with van der Waals surface area (Å²) in [5, 5.41) is 0. The van der Waals surface area contributed by atoms with Crippen molar-refractivity contribution in [2.75, 3.05) is 0 Å². The Kier molecular flexibility index (Phi) is 31.3. The molecular formula is C51H106OSi2. The molecule has 54 heavy (non-hydrogen) atoms. The second-order valence-corrected chi connectivity index (χ2v) is 34.5. The second-order valence-electron chi connectivity index (χ2n) is 20.3. The first-order valence-corrected chi connectivity index (χ1v) is 31.2. The van der Waals surface area contributed by atoms with E-state index in [1.54, 1.807) is 6.04 Å². The van der Waals surface area contributed by atoms with Gasteiger partial charge in [-0.1, -0.05) is 292 Å². The third-order valence-electron chi connectivity index (χ3n) is 14.9. The lowest BCUT2D eigenvalue weighted by Gasteiger charge is -2.64. The van der Waals surface area contributed by atoms with Crippen molar-refractivity contribution in [3.05, 3.63) is 0 Å². The largest absolute Gasteiger partial charge is 0.413 e. The Labute approximate surface area is 346 Å². The summed E-state index contributed by atoms with van der Waals surface area (Å²) >= 11 is 0. The summed E-state index contributed by atoms with van der Waals surface area (Å²) in [4.78, 5) is 0. The average molecular weight is 792 g/mol. The van der Waals surface area contributed by atoms with Crippen LogP contribution in [0.4, 0.5) is 0 Å². The van der Waals surface area contributed by atoms with Crippen molar-refractivity contribution >= 4 is 15.4 Å². The molecule has 1 rings (SSSR count). The summed E-state index contributed by atoms with van der Waals surface area (Å²) in [6.07, 6.45) is 50.6. The predicted octanol–water partition coefficient (Wildman–Crippen LogP) is 19.6. The predicted molar refractivity (Wildman–Crippen MR) is 253 cm³/mol. The second kappa shape index (κ2) is 32.3. The lowest BCUT2D eigenvalue weighted by Crippen LogP contribution is -2.76. The molecule has 3 heteroatoms.